The van der Waals surface area contributed by atoms with Crippen molar-refractivity contribution in [3.63, 3.8) is 0 Å². The highest BCUT2D eigenvalue weighted by Gasteiger charge is 2.06. The van der Waals surface area contributed by atoms with Gasteiger partial charge in [-0.05, 0) is 27.1 Å². The fraction of sp³-hybridized carbons (Fsp3) is 0.176. The monoisotopic (exact) mass is 236 g/mol. The van der Waals surface area contributed by atoms with Crippen LogP contribution in [0.25, 0.3) is 21.5 Å². The maximum absolute atomic E-state index is 9.23. The average Bonchev–Trinajstić information content (AvgIpc) is 2.45. The first-order chi connectivity index (χ1) is 8.79. The summed E-state index contributed by atoms with van der Waals surface area (Å²) in [6, 6.07) is 19.2. The average molecular weight is 236 g/mol. The lowest BCUT2D eigenvalue weighted by molar-refractivity contribution is 0.273. The predicted molar refractivity (Wildman–Crippen MR) is 77.0 cm³/mol. The van der Waals surface area contributed by atoms with Crippen LogP contribution >= 0.6 is 0 Å². The van der Waals surface area contributed by atoms with Gasteiger partial charge in [0.1, 0.15) is 0 Å². The summed E-state index contributed by atoms with van der Waals surface area (Å²) in [5, 5.41) is 14.3. The van der Waals surface area contributed by atoms with E-state index in [2.05, 4.69) is 54.6 Å². The molecular formula is C17H16O. The minimum Gasteiger partial charge on any atom is -0.396 e. The van der Waals surface area contributed by atoms with Crippen molar-refractivity contribution in [2.75, 3.05) is 6.61 Å². The Morgan fingerprint density at radius 3 is 2.44 bits per heavy atom. The van der Waals surface area contributed by atoms with E-state index in [1.807, 2.05) is 6.92 Å². The second kappa shape index (κ2) is 4.43. The van der Waals surface area contributed by atoms with Gasteiger partial charge in [-0.25, -0.2) is 0 Å². The van der Waals surface area contributed by atoms with Crippen LogP contribution in [0.2, 0.25) is 0 Å². The second-order valence-electron chi connectivity index (χ2n) is 4.85. The molecule has 0 fully saturated rings. The number of benzene rings is 3. The van der Waals surface area contributed by atoms with Crippen LogP contribution in [-0.2, 0) is 0 Å². The molecule has 0 heterocycles. The van der Waals surface area contributed by atoms with Crippen LogP contribution in [0.4, 0.5) is 0 Å². The highest BCUT2D eigenvalue weighted by atomic mass is 16.3. The number of fused-ring (bicyclic) bond motifs is 3. The van der Waals surface area contributed by atoms with Gasteiger partial charge in [-0.3, -0.25) is 0 Å². The first-order valence-corrected chi connectivity index (χ1v) is 6.32. The third-order valence-electron chi connectivity index (χ3n) is 3.61. The van der Waals surface area contributed by atoms with E-state index in [4.69, 9.17) is 0 Å². The van der Waals surface area contributed by atoms with E-state index in [1.165, 1.54) is 27.1 Å². The fourth-order valence-electron chi connectivity index (χ4n) is 2.44. The summed E-state index contributed by atoms with van der Waals surface area (Å²) in [4.78, 5) is 0. The maximum Gasteiger partial charge on any atom is 0.0497 e. The van der Waals surface area contributed by atoms with Crippen LogP contribution in [-0.4, -0.2) is 11.7 Å². The molecule has 1 atom stereocenters. The van der Waals surface area contributed by atoms with E-state index in [9.17, 15) is 5.11 Å². The Balaban J connectivity index is 2.28. The van der Waals surface area contributed by atoms with Crippen LogP contribution in [0, 0.1) is 0 Å². The number of hydrogen-bond acceptors (Lipinski definition) is 1. The molecule has 0 aromatic heterocycles. The number of hydrogen-bond donors (Lipinski definition) is 1. The van der Waals surface area contributed by atoms with Crippen molar-refractivity contribution in [2.24, 2.45) is 0 Å². The molecule has 90 valence electrons. The highest BCUT2D eigenvalue weighted by Crippen LogP contribution is 2.27. The molecule has 0 bridgehead atoms. The van der Waals surface area contributed by atoms with Crippen molar-refractivity contribution in [1.29, 1.82) is 0 Å². The molecule has 0 aliphatic heterocycles. The number of rotatable bonds is 2. The maximum atomic E-state index is 9.23. The molecule has 0 amide bonds. The lowest BCUT2D eigenvalue weighted by Gasteiger charge is -2.10. The molecule has 0 spiro atoms. The minimum atomic E-state index is 0.194. The van der Waals surface area contributed by atoms with Crippen LogP contribution < -0.4 is 0 Å². The molecule has 3 rings (SSSR count). The van der Waals surface area contributed by atoms with Gasteiger partial charge in [0, 0.05) is 12.5 Å². The molecule has 3 aromatic rings. The van der Waals surface area contributed by atoms with E-state index < -0.39 is 0 Å². The number of aliphatic hydroxyl groups excluding tert-OH is 1. The summed E-state index contributed by atoms with van der Waals surface area (Å²) in [5.74, 6) is 0.195. The van der Waals surface area contributed by atoms with Gasteiger partial charge in [0.15, 0.2) is 0 Å². The van der Waals surface area contributed by atoms with Crippen molar-refractivity contribution in [2.45, 2.75) is 12.8 Å². The molecule has 0 aliphatic rings. The topological polar surface area (TPSA) is 20.2 Å². The standard InChI is InChI=1S/C17H16O/c1-12(11-18)14-8-9-17-15(10-14)7-6-13-4-2-3-5-16(13)17/h2-10,12,18H,11H2,1H3. The molecule has 0 radical (unpaired) electrons. The zero-order chi connectivity index (χ0) is 12.5. The number of aliphatic hydroxyl groups is 1. The Morgan fingerprint density at radius 1 is 0.889 bits per heavy atom. The van der Waals surface area contributed by atoms with Crippen molar-refractivity contribution in [1.82, 2.24) is 0 Å². The Kier molecular flexibility index (Phi) is 2.77. The summed E-state index contributed by atoms with van der Waals surface area (Å²) in [6.45, 7) is 2.24. The smallest absolute Gasteiger partial charge is 0.0497 e. The minimum absolute atomic E-state index is 0.194. The van der Waals surface area contributed by atoms with Crippen molar-refractivity contribution >= 4 is 21.5 Å². The third-order valence-corrected chi connectivity index (χ3v) is 3.61. The summed E-state index contributed by atoms with van der Waals surface area (Å²) in [7, 11) is 0. The predicted octanol–water partition coefficient (Wildman–Crippen LogP) is 4.09. The van der Waals surface area contributed by atoms with Crippen molar-refractivity contribution in [3.8, 4) is 0 Å². The Hall–Kier alpha value is -1.86. The van der Waals surface area contributed by atoms with Gasteiger partial charge in [-0.1, -0.05) is 61.5 Å². The lowest BCUT2D eigenvalue weighted by atomic mass is 9.96. The summed E-state index contributed by atoms with van der Waals surface area (Å²) >= 11 is 0. The summed E-state index contributed by atoms with van der Waals surface area (Å²) in [6.07, 6.45) is 0. The van der Waals surface area contributed by atoms with Crippen LogP contribution in [0.3, 0.4) is 0 Å². The van der Waals surface area contributed by atoms with Gasteiger partial charge in [-0.2, -0.15) is 0 Å². The summed E-state index contributed by atoms with van der Waals surface area (Å²) < 4.78 is 0. The Morgan fingerprint density at radius 2 is 1.61 bits per heavy atom. The van der Waals surface area contributed by atoms with E-state index in [-0.39, 0.29) is 12.5 Å². The zero-order valence-corrected chi connectivity index (χ0v) is 10.4. The van der Waals surface area contributed by atoms with Gasteiger partial charge >= 0.3 is 0 Å². The molecule has 1 unspecified atom stereocenters. The van der Waals surface area contributed by atoms with Gasteiger partial charge in [-0.15, -0.1) is 0 Å². The molecular weight excluding hydrogens is 220 g/mol. The molecule has 0 saturated carbocycles. The highest BCUT2D eigenvalue weighted by molar-refractivity contribution is 6.07. The first kappa shape index (κ1) is 11.2. The molecule has 1 heteroatoms. The molecule has 0 aliphatic carbocycles. The second-order valence-corrected chi connectivity index (χ2v) is 4.85. The molecule has 0 saturated heterocycles. The largest absolute Gasteiger partial charge is 0.396 e. The van der Waals surface area contributed by atoms with E-state index in [1.54, 1.807) is 0 Å². The van der Waals surface area contributed by atoms with Crippen molar-refractivity contribution in [3.05, 3.63) is 60.2 Å². The molecule has 18 heavy (non-hydrogen) atoms. The Bertz CT molecular complexity index is 700. The molecule has 1 nitrogen and oxygen atoms in total. The van der Waals surface area contributed by atoms with E-state index in [0.717, 1.165) is 0 Å². The van der Waals surface area contributed by atoms with E-state index >= 15 is 0 Å². The summed E-state index contributed by atoms with van der Waals surface area (Å²) in [5.41, 5.74) is 1.19. The molecule has 1 N–H and O–H groups in total. The van der Waals surface area contributed by atoms with Crippen molar-refractivity contribution < 1.29 is 5.11 Å². The first-order valence-electron chi connectivity index (χ1n) is 6.32. The van der Waals surface area contributed by atoms with E-state index in [0.29, 0.717) is 0 Å². The zero-order valence-electron chi connectivity index (χ0n) is 10.4. The normalized spacial score (nSPS) is 13.0. The van der Waals surface area contributed by atoms with Crippen LogP contribution in [0.15, 0.2) is 54.6 Å². The SMILES string of the molecule is CC(CO)c1ccc2c(ccc3ccccc32)c1. The fourth-order valence-corrected chi connectivity index (χ4v) is 2.44. The quantitative estimate of drug-likeness (QED) is 0.664. The van der Waals surface area contributed by atoms with Gasteiger partial charge in [0.25, 0.3) is 0 Å². The molecule has 3 aromatic carbocycles. The van der Waals surface area contributed by atoms with Crippen LogP contribution in [0.5, 0.6) is 0 Å². The Labute approximate surface area is 107 Å². The van der Waals surface area contributed by atoms with Crippen LogP contribution in [0.1, 0.15) is 18.4 Å². The van der Waals surface area contributed by atoms with Gasteiger partial charge < -0.3 is 5.11 Å². The third kappa shape index (κ3) is 1.77. The van der Waals surface area contributed by atoms with Gasteiger partial charge in [0.05, 0.1) is 0 Å². The lowest BCUT2D eigenvalue weighted by Crippen LogP contribution is -1.98. The van der Waals surface area contributed by atoms with Gasteiger partial charge in [0.2, 0.25) is 0 Å².